The van der Waals surface area contributed by atoms with Crippen LogP contribution in [0.2, 0.25) is 36.3 Å². The first-order chi connectivity index (χ1) is 13.1. The van der Waals surface area contributed by atoms with Crippen molar-refractivity contribution in [3.05, 3.63) is 35.9 Å². The molecule has 0 saturated heterocycles. The topological polar surface area (TPSA) is 15.6 Å². The van der Waals surface area contributed by atoms with Crippen molar-refractivity contribution in [2.45, 2.75) is 90.6 Å². The Morgan fingerprint density at radius 1 is 0.741 bits per heavy atom. The third kappa shape index (κ3) is 6.40. The van der Waals surface area contributed by atoms with Crippen molar-refractivity contribution in [1.29, 1.82) is 0 Å². The van der Waals surface area contributed by atoms with Gasteiger partial charge in [-0.3, -0.25) is 4.99 Å². The highest BCUT2D eigenvalue weighted by atomic mass is 28.4. The summed E-state index contributed by atoms with van der Waals surface area (Å²) in [6, 6.07) is 19.0. The van der Waals surface area contributed by atoms with Crippen LogP contribution < -0.4 is 0 Å². The normalized spacial score (nSPS) is 13.0. The molecule has 1 aromatic carbocycles. The lowest BCUT2D eigenvalue weighted by molar-refractivity contribution is 0.538. The lowest BCUT2D eigenvalue weighted by Gasteiger charge is -2.52. The number of hydrogen-bond donors (Lipinski definition) is 0. The molecule has 0 aliphatic rings. The molecule has 0 aliphatic heterocycles. The van der Waals surface area contributed by atoms with Crippen LogP contribution >= 0.6 is 0 Å². The van der Waals surface area contributed by atoms with E-state index in [0.29, 0.717) is 0 Å². The Morgan fingerprint density at radius 2 is 1.22 bits per heavy atom. The average Bonchev–Trinajstić information content (AvgIpc) is 2.73. The molecule has 0 unspecified atom stereocenters. The molecule has 0 bridgehead atoms. The highest BCUT2D eigenvalue weighted by molar-refractivity contribution is 6.92. The molecule has 27 heavy (non-hydrogen) atoms. The summed E-state index contributed by atoms with van der Waals surface area (Å²) >= 11 is 0. The summed E-state index contributed by atoms with van der Waals surface area (Å²) in [5, 5.41) is 0. The van der Waals surface area contributed by atoms with Crippen molar-refractivity contribution in [1.82, 2.24) is 4.23 Å². The second-order valence-electron chi connectivity index (χ2n) is 7.87. The molecule has 0 saturated carbocycles. The van der Waals surface area contributed by atoms with Crippen LogP contribution in [0.4, 0.5) is 0 Å². The summed E-state index contributed by atoms with van der Waals surface area (Å²) in [5.41, 5.74) is 1.21. The van der Waals surface area contributed by atoms with Crippen molar-refractivity contribution in [3.8, 4) is 0 Å². The van der Waals surface area contributed by atoms with Gasteiger partial charge in [-0.1, -0.05) is 71.9 Å². The predicted molar refractivity (Wildman–Crippen MR) is 129 cm³/mol. The Hall–Kier alpha value is -0.716. The second kappa shape index (κ2) is 12.7. The van der Waals surface area contributed by atoms with Crippen LogP contribution in [0.1, 0.15) is 59.9 Å². The van der Waals surface area contributed by atoms with Gasteiger partial charge in [-0.25, -0.2) is 0 Å². The van der Waals surface area contributed by atoms with E-state index in [9.17, 15) is 0 Å². The molecule has 0 fully saturated rings. The maximum absolute atomic E-state index is 4.66. The summed E-state index contributed by atoms with van der Waals surface area (Å²) in [7, 11) is -2.62. The van der Waals surface area contributed by atoms with E-state index in [0.717, 1.165) is 6.54 Å². The van der Waals surface area contributed by atoms with Gasteiger partial charge in [0, 0.05) is 12.8 Å². The van der Waals surface area contributed by atoms with Crippen LogP contribution in [-0.2, 0) is 0 Å². The molecular weight excluding hydrogens is 360 g/mol. The van der Waals surface area contributed by atoms with Gasteiger partial charge in [-0.15, -0.1) is 0 Å². The van der Waals surface area contributed by atoms with Gasteiger partial charge in [0.1, 0.15) is 16.5 Å². The predicted octanol–water partition coefficient (Wildman–Crippen LogP) is 7.20. The number of hydrogen-bond acceptors (Lipinski definition) is 2. The first-order valence-electron chi connectivity index (χ1n) is 11.4. The smallest absolute Gasteiger partial charge is 0.120 e. The Labute approximate surface area is 171 Å². The molecule has 1 aromatic rings. The summed E-state index contributed by atoms with van der Waals surface area (Å²) in [5.74, 6) is 0. The van der Waals surface area contributed by atoms with Crippen LogP contribution in [-0.4, -0.2) is 40.0 Å². The monoisotopic (exact) mass is 404 g/mol. The highest BCUT2D eigenvalue weighted by Crippen LogP contribution is 2.36. The minimum absolute atomic E-state index is 0.959. The van der Waals surface area contributed by atoms with E-state index in [1.807, 2.05) is 6.21 Å². The van der Waals surface area contributed by atoms with Gasteiger partial charge in [0.05, 0.1) is 0 Å². The Morgan fingerprint density at radius 3 is 1.67 bits per heavy atom. The quantitative estimate of drug-likeness (QED) is 0.182. The number of unbranched alkanes of at least 4 members (excludes halogenated alkanes) is 1. The zero-order valence-corrected chi connectivity index (χ0v) is 20.9. The molecular formula is C23H44N2Si2. The summed E-state index contributed by atoms with van der Waals surface area (Å²) in [6.45, 7) is 17.1. The Kier molecular flexibility index (Phi) is 11.4. The third-order valence-electron chi connectivity index (χ3n) is 7.05. The number of nitrogens with zero attached hydrogens (tertiary/aromatic N) is 2. The molecule has 0 atom stereocenters. The fraction of sp³-hybridized carbons (Fsp3) is 0.696. The largest absolute Gasteiger partial charge is 0.345 e. The van der Waals surface area contributed by atoms with E-state index >= 15 is 0 Å². The van der Waals surface area contributed by atoms with Gasteiger partial charge in [-0.05, 0) is 61.2 Å². The molecule has 0 N–H and O–H groups in total. The van der Waals surface area contributed by atoms with E-state index in [4.69, 9.17) is 0 Å². The van der Waals surface area contributed by atoms with Gasteiger partial charge in [-0.2, -0.15) is 0 Å². The summed E-state index contributed by atoms with van der Waals surface area (Å²) < 4.78 is 3.20. The molecule has 0 aromatic heterocycles. The second-order valence-corrected chi connectivity index (χ2v) is 18.5. The van der Waals surface area contributed by atoms with E-state index < -0.39 is 16.5 Å². The first kappa shape index (κ1) is 24.3. The number of rotatable bonds is 14. The van der Waals surface area contributed by atoms with E-state index in [2.05, 4.69) is 81.1 Å². The molecule has 1 rings (SSSR count). The maximum atomic E-state index is 4.66. The first-order valence-corrected chi connectivity index (χ1v) is 16.5. The number of benzene rings is 1. The molecule has 0 heterocycles. The van der Waals surface area contributed by atoms with Crippen molar-refractivity contribution in [3.63, 3.8) is 0 Å². The fourth-order valence-corrected chi connectivity index (χ4v) is 18.2. The SMILES string of the molecule is CC[Si](CC)(CC)N(CCCCN=Cc1ccccc1)[Si](CC)(CC)CC. The van der Waals surface area contributed by atoms with Gasteiger partial charge in [0.25, 0.3) is 0 Å². The van der Waals surface area contributed by atoms with Gasteiger partial charge < -0.3 is 4.23 Å². The van der Waals surface area contributed by atoms with Crippen LogP contribution in [0.3, 0.4) is 0 Å². The van der Waals surface area contributed by atoms with Crippen LogP contribution in [0.5, 0.6) is 0 Å². The standard InChI is InChI=1S/C23H44N2Si2/c1-7-26(8-2,9-3)25(27(10-4,11-5)12-6)21-17-16-20-24-22-23-18-14-13-15-19-23/h13-15,18-19,22H,7-12,16-17,20-21H2,1-6H3. The molecule has 0 amide bonds. The molecule has 2 nitrogen and oxygen atoms in total. The summed E-state index contributed by atoms with van der Waals surface area (Å²) in [4.78, 5) is 4.66. The average molecular weight is 405 g/mol. The van der Waals surface area contributed by atoms with E-state index in [1.54, 1.807) is 0 Å². The van der Waals surface area contributed by atoms with Crippen molar-refractivity contribution in [2.75, 3.05) is 13.1 Å². The maximum Gasteiger partial charge on any atom is 0.120 e. The molecule has 154 valence electrons. The van der Waals surface area contributed by atoms with E-state index in [-0.39, 0.29) is 0 Å². The van der Waals surface area contributed by atoms with Crippen molar-refractivity contribution < 1.29 is 0 Å². The van der Waals surface area contributed by atoms with Gasteiger partial charge >= 0.3 is 0 Å². The third-order valence-corrected chi connectivity index (χ3v) is 20.5. The zero-order valence-electron chi connectivity index (χ0n) is 18.9. The van der Waals surface area contributed by atoms with Crippen LogP contribution in [0.25, 0.3) is 0 Å². The number of aliphatic imine (C=N–C) groups is 1. The Bertz CT molecular complexity index is 486. The molecule has 4 heteroatoms. The van der Waals surface area contributed by atoms with Crippen LogP contribution in [0.15, 0.2) is 35.3 Å². The Balaban J connectivity index is 2.75. The van der Waals surface area contributed by atoms with Crippen molar-refractivity contribution >= 4 is 22.7 Å². The molecule has 0 spiro atoms. The van der Waals surface area contributed by atoms with Crippen LogP contribution in [0, 0.1) is 0 Å². The van der Waals surface area contributed by atoms with Gasteiger partial charge in [0.2, 0.25) is 0 Å². The minimum atomic E-state index is -1.31. The van der Waals surface area contributed by atoms with Gasteiger partial charge in [0.15, 0.2) is 0 Å². The highest BCUT2D eigenvalue weighted by Gasteiger charge is 2.45. The lowest BCUT2D eigenvalue weighted by Crippen LogP contribution is -2.66. The minimum Gasteiger partial charge on any atom is -0.345 e. The summed E-state index contributed by atoms with van der Waals surface area (Å²) in [6.07, 6.45) is 4.54. The molecule has 0 aliphatic carbocycles. The zero-order chi connectivity index (χ0) is 20.2. The van der Waals surface area contributed by atoms with E-state index in [1.165, 1.54) is 61.2 Å². The lowest BCUT2D eigenvalue weighted by atomic mass is 10.2. The molecule has 0 radical (unpaired) electrons. The van der Waals surface area contributed by atoms with Crippen molar-refractivity contribution in [2.24, 2.45) is 4.99 Å². The fourth-order valence-electron chi connectivity index (χ4n) is 4.80.